The summed E-state index contributed by atoms with van der Waals surface area (Å²) in [5.41, 5.74) is 2.74. The van der Waals surface area contributed by atoms with Gasteiger partial charge >= 0.3 is 12.3 Å². The quantitative estimate of drug-likeness (QED) is 0.156. The minimum absolute atomic E-state index is 0.00727. The summed E-state index contributed by atoms with van der Waals surface area (Å²) < 4.78 is 76.1. The van der Waals surface area contributed by atoms with Crippen LogP contribution >= 0.6 is 0 Å². The molecule has 0 aliphatic carbocycles. The summed E-state index contributed by atoms with van der Waals surface area (Å²) in [6.45, 7) is 0.00727. The van der Waals surface area contributed by atoms with Crippen LogP contribution in [-0.4, -0.2) is 24.7 Å². The third-order valence-electron chi connectivity index (χ3n) is 6.75. The van der Waals surface area contributed by atoms with Crippen molar-refractivity contribution < 1.29 is 36.2 Å². The van der Waals surface area contributed by atoms with Crippen molar-refractivity contribution in [3.8, 4) is 16.9 Å². The molecule has 0 fully saturated rings. The highest BCUT2D eigenvalue weighted by Gasteiger charge is 2.39. The van der Waals surface area contributed by atoms with Crippen LogP contribution < -0.4 is 4.74 Å². The predicted octanol–water partition coefficient (Wildman–Crippen LogP) is 8.34. The number of benzene rings is 4. The van der Waals surface area contributed by atoms with Gasteiger partial charge in [0.25, 0.3) is 0 Å². The number of rotatable bonds is 8. The van der Waals surface area contributed by atoms with E-state index >= 15 is 0 Å². The summed E-state index contributed by atoms with van der Waals surface area (Å²) >= 11 is 0. The Labute approximate surface area is 238 Å². The maximum Gasteiger partial charge on any atom is 0.573 e. The summed E-state index contributed by atoms with van der Waals surface area (Å²) in [6, 6.07) is 24.6. The number of esters is 1. The molecule has 0 bridgehead atoms. The molecule has 1 unspecified atom stereocenters. The predicted molar refractivity (Wildman–Crippen MR) is 149 cm³/mol. The molecule has 0 radical (unpaired) electrons. The normalized spacial score (nSPS) is 16.8. The molecule has 4 nitrogen and oxygen atoms in total. The molecule has 1 aliphatic heterocycles. The molecule has 214 valence electrons. The average Bonchev–Trinajstić information content (AvgIpc) is 3.40. The van der Waals surface area contributed by atoms with Gasteiger partial charge in [-0.1, -0.05) is 78.9 Å². The number of hydrogen-bond donors (Lipinski definition) is 0. The molecule has 0 spiro atoms. The van der Waals surface area contributed by atoms with E-state index in [2.05, 4.69) is 9.73 Å². The summed E-state index contributed by atoms with van der Waals surface area (Å²) in [7, 11) is 0. The topological polar surface area (TPSA) is 47.9 Å². The van der Waals surface area contributed by atoms with Gasteiger partial charge in [-0.2, -0.15) is 0 Å². The Morgan fingerprint density at radius 1 is 0.833 bits per heavy atom. The van der Waals surface area contributed by atoms with Crippen molar-refractivity contribution in [3.05, 3.63) is 131 Å². The van der Waals surface area contributed by atoms with E-state index in [9.17, 15) is 26.7 Å². The zero-order chi connectivity index (χ0) is 29.7. The lowest BCUT2D eigenvalue weighted by Crippen LogP contribution is -2.22. The summed E-state index contributed by atoms with van der Waals surface area (Å²) in [4.78, 5) is 17.8. The van der Waals surface area contributed by atoms with Gasteiger partial charge in [-0.05, 0) is 52.6 Å². The van der Waals surface area contributed by atoms with Gasteiger partial charge in [0.15, 0.2) is 0 Å². The van der Waals surface area contributed by atoms with Crippen LogP contribution in [0.2, 0.25) is 0 Å². The number of nitrogens with zero attached hydrogens (tertiary/aromatic N) is 1. The SMILES string of the molecule is O=C(OC/C=C/c1ccccc1)[C@H]1CC(c2c(F)cccc2F)=NC1c1ccc(-c2ccc(OC(F)(F)F)cc2)cc1. The van der Waals surface area contributed by atoms with Gasteiger partial charge in [0.2, 0.25) is 0 Å². The van der Waals surface area contributed by atoms with Gasteiger partial charge < -0.3 is 9.47 Å². The lowest BCUT2D eigenvalue weighted by molar-refractivity contribution is -0.274. The fourth-order valence-corrected chi connectivity index (χ4v) is 4.80. The number of aliphatic imine (C=N–C) groups is 1. The molecule has 5 rings (SSSR count). The summed E-state index contributed by atoms with van der Waals surface area (Å²) in [5, 5.41) is 0. The van der Waals surface area contributed by atoms with Gasteiger partial charge in [-0.25, -0.2) is 8.78 Å². The lowest BCUT2D eigenvalue weighted by atomic mass is 9.90. The van der Waals surface area contributed by atoms with E-state index < -0.39 is 35.9 Å². The molecule has 1 aliphatic rings. The molecule has 0 saturated carbocycles. The van der Waals surface area contributed by atoms with Crippen LogP contribution in [-0.2, 0) is 9.53 Å². The Morgan fingerprint density at radius 2 is 1.45 bits per heavy atom. The highest BCUT2D eigenvalue weighted by molar-refractivity contribution is 6.04. The van der Waals surface area contributed by atoms with Gasteiger partial charge in [0.05, 0.1) is 17.5 Å². The number of halogens is 5. The van der Waals surface area contributed by atoms with Gasteiger partial charge in [0.1, 0.15) is 24.0 Å². The number of hydrogen-bond acceptors (Lipinski definition) is 4. The van der Waals surface area contributed by atoms with Gasteiger partial charge in [-0.15, -0.1) is 13.2 Å². The second-order valence-electron chi connectivity index (χ2n) is 9.57. The molecule has 0 amide bonds. The first-order valence-electron chi connectivity index (χ1n) is 13.0. The van der Waals surface area contributed by atoms with E-state index in [1.807, 2.05) is 36.4 Å². The van der Waals surface area contributed by atoms with E-state index in [1.165, 1.54) is 30.3 Å². The fraction of sp³-hybridized carbons (Fsp3) is 0.152. The molecule has 2 atom stereocenters. The first-order valence-corrected chi connectivity index (χ1v) is 13.0. The van der Waals surface area contributed by atoms with Crippen LogP contribution in [0, 0.1) is 17.6 Å². The second-order valence-corrected chi connectivity index (χ2v) is 9.57. The van der Waals surface area contributed by atoms with Crippen molar-refractivity contribution in [2.24, 2.45) is 10.9 Å². The highest BCUT2D eigenvalue weighted by atomic mass is 19.4. The van der Waals surface area contributed by atoms with E-state index in [4.69, 9.17) is 4.74 Å². The lowest BCUT2D eigenvalue weighted by Gasteiger charge is -2.17. The molecule has 9 heteroatoms. The molecule has 1 heterocycles. The third-order valence-corrected chi connectivity index (χ3v) is 6.75. The third kappa shape index (κ3) is 6.91. The second kappa shape index (κ2) is 12.4. The molecular weight excluding hydrogens is 553 g/mol. The van der Waals surface area contributed by atoms with Crippen molar-refractivity contribution in [1.29, 1.82) is 0 Å². The fourth-order valence-electron chi connectivity index (χ4n) is 4.80. The van der Waals surface area contributed by atoms with Crippen molar-refractivity contribution in [2.75, 3.05) is 6.61 Å². The van der Waals surface area contributed by atoms with E-state index in [1.54, 1.807) is 30.3 Å². The van der Waals surface area contributed by atoms with E-state index in [0.717, 1.165) is 17.7 Å². The zero-order valence-electron chi connectivity index (χ0n) is 22.0. The number of carbonyl (C=O) groups is 1. The molecule has 0 saturated heterocycles. The number of ether oxygens (including phenoxy) is 2. The van der Waals surface area contributed by atoms with Crippen molar-refractivity contribution in [2.45, 2.75) is 18.8 Å². The van der Waals surface area contributed by atoms with Gasteiger partial charge in [-0.3, -0.25) is 9.79 Å². The molecular formula is C33H24F5NO3. The Bertz CT molecular complexity index is 1580. The Balaban J connectivity index is 1.37. The van der Waals surface area contributed by atoms with Crippen LogP contribution in [0.15, 0.2) is 108 Å². The van der Waals surface area contributed by atoms with Gasteiger partial charge in [0, 0.05) is 12.1 Å². The maximum absolute atomic E-state index is 14.6. The first kappa shape index (κ1) is 28.7. The Morgan fingerprint density at radius 3 is 2.07 bits per heavy atom. The molecule has 4 aromatic rings. The smallest absolute Gasteiger partial charge is 0.461 e. The molecule has 0 aromatic heterocycles. The summed E-state index contributed by atoms with van der Waals surface area (Å²) in [5.74, 6) is -3.27. The van der Waals surface area contributed by atoms with Crippen molar-refractivity contribution in [1.82, 2.24) is 0 Å². The van der Waals surface area contributed by atoms with E-state index in [0.29, 0.717) is 16.7 Å². The molecule has 42 heavy (non-hydrogen) atoms. The first-order chi connectivity index (χ1) is 20.2. The number of alkyl halides is 3. The highest BCUT2D eigenvalue weighted by Crippen LogP contribution is 2.39. The zero-order valence-corrected chi connectivity index (χ0v) is 22.0. The van der Waals surface area contributed by atoms with Crippen LogP contribution in [0.25, 0.3) is 17.2 Å². The van der Waals surface area contributed by atoms with Crippen LogP contribution in [0.5, 0.6) is 5.75 Å². The molecule has 0 N–H and O–H groups in total. The van der Waals surface area contributed by atoms with Crippen molar-refractivity contribution in [3.63, 3.8) is 0 Å². The Kier molecular flexibility index (Phi) is 8.47. The number of carbonyl (C=O) groups excluding carboxylic acids is 1. The average molecular weight is 578 g/mol. The largest absolute Gasteiger partial charge is 0.573 e. The van der Waals surface area contributed by atoms with Crippen LogP contribution in [0.1, 0.15) is 29.2 Å². The standard InChI is InChI=1S/C33H24F5NO3/c34-27-9-4-10-28(35)30(27)29-20-26(32(40)41-19-5-8-21-6-2-1-3-7-21)31(39-29)24-13-11-22(12-14-24)23-15-17-25(18-16-23)42-33(36,37)38/h1-18,26,31H,19-20H2/b8-5+/t26-,31?/m0/s1. The Hall–Kier alpha value is -4.79. The monoisotopic (exact) mass is 577 g/mol. The molecule has 4 aromatic carbocycles. The summed E-state index contributed by atoms with van der Waals surface area (Å²) in [6.07, 6.45) is -1.29. The van der Waals surface area contributed by atoms with Crippen LogP contribution in [0.4, 0.5) is 22.0 Å². The maximum atomic E-state index is 14.6. The van der Waals surface area contributed by atoms with E-state index in [-0.39, 0.29) is 30.1 Å². The van der Waals surface area contributed by atoms with Crippen molar-refractivity contribution >= 4 is 17.8 Å². The van der Waals surface area contributed by atoms with Crippen LogP contribution in [0.3, 0.4) is 0 Å². The minimum Gasteiger partial charge on any atom is -0.461 e. The minimum atomic E-state index is -4.79.